The predicted octanol–water partition coefficient (Wildman–Crippen LogP) is 3.81. The molecule has 2 aromatic rings. The fourth-order valence-corrected chi connectivity index (χ4v) is 3.16. The number of halogens is 2. The summed E-state index contributed by atoms with van der Waals surface area (Å²) in [5, 5.41) is 0. The number of H-pyrrole nitrogens is 1. The number of carbonyl (C=O) groups excluding carboxylic acids is 1. The van der Waals surface area contributed by atoms with Gasteiger partial charge in [0.25, 0.3) is 5.91 Å². The van der Waals surface area contributed by atoms with Gasteiger partial charge in [0, 0.05) is 18.3 Å². The van der Waals surface area contributed by atoms with Crippen LogP contribution in [0.5, 0.6) is 0 Å². The molecule has 3 rings (SSSR count). The SMILES string of the molecule is C=C(N=C(OC)C1(F)CCCN(C(=O)c2ccc(F)cc2)C1)c1ccc[nH]1. The quantitative estimate of drug-likeness (QED) is 0.654. The normalized spacial score (nSPS) is 20.4. The average molecular weight is 373 g/mol. The van der Waals surface area contributed by atoms with Crippen molar-refractivity contribution in [3.05, 3.63) is 66.2 Å². The molecule has 1 fully saturated rings. The third-order valence-electron chi connectivity index (χ3n) is 4.54. The number of amides is 1. The molecule has 1 N–H and O–H groups in total. The van der Waals surface area contributed by atoms with Crippen LogP contribution in [0, 0.1) is 5.82 Å². The van der Waals surface area contributed by atoms with Crippen LogP contribution in [0.3, 0.4) is 0 Å². The van der Waals surface area contributed by atoms with Crippen molar-refractivity contribution in [2.24, 2.45) is 4.99 Å². The number of aromatic amines is 1. The van der Waals surface area contributed by atoms with Gasteiger partial charge in [-0.3, -0.25) is 4.79 Å². The first-order valence-electron chi connectivity index (χ1n) is 8.62. The van der Waals surface area contributed by atoms with E-state index in [-0.39, 0.29) is 24.8 Å². The number of likely N-dealkylation sites (tertiary alicyclic amines) is 1. The van der Waals surface area contributed by atoms with E-state index in [9.17, 15) is 9.18 Å². The van der Waals surface area contributed by atoms with Crippen LogP contribution in [0.2, 0.25) is 0 Å². The molecule has 1 saturated heterocycles. The van der Waals surface area contributed by atoms with Crippen molar-refractivity contribution < 1.29 is 18.3 Å². The highest BCUT2D eigenvalue weighted by Crippen LogP contribution is 2.30. The second kappa shape index (κ2) is 7.73. The molecule has 0 aliphatic carbocycles. The maximum atomic E-state index is 15.7. The Morgan fingerprint density at radius 2 is 2.07 bits per heavy atom. The zero-order valence-corrected chi connectivity index (χ0v) is 15.0. The van der Waals surface area contributed by atoms with Gasteiger partial charge in [0.1, 0.15) is 5.82 Å². The van der Waals surface area contributed by atoms with E-state index in [0.717, 1.165) is 0 Å². The minimum atomic E-state index is -1.92. The van der Waals surface area contributed by atoms with Gasteiger partial charge >= 0.3 is 0 Å². The lowest BCUT2D eigenvalue weighted by Gasteiger charge is -2.37. The van der Waals surface area contributed by atoms with Crippen molar-refractivity contribution >= 4 is 17.5 Å². The first-order valence-corrected chi connectivity index (χ1v) is 8.62. The zero-order chi connectivity index (χ0) is 19.4. The van der Waals surface area contributed by atoms with E-state index in [1.165, 1.54) is 36.3 Å². The number of carbonyl (C=O) groups is 1. The van der Waals surface area contributed by atoms with Crippen LogP contribution >= 0.6 is 0 Å². The number of nitrogens with one attached hydrogen (secondary N) is 1. The highest BCUT2D eigenvalue weighted by atomic mass is 19.1. The Balaban J connectivity index is 1.80. The van der Waals surface area contributed by atoms with E-state index in [2.05, 4.69) is 16.6 Å². The van der Waals surface area contributed by atoms with Gasteiger partial charge in [-0.15, -0.1) is 0 Å². The van der Waals surface area contributed by atoms with Crippen LogP contribution in [0.15, 0.2) is 54.2 Å². The molecular weight excluding hydrogens is 352 g/mol. The van der Waals surface area contributed by atoms with E-state index in [1.54, 1.807) is 18.3 Å². The number of rotatable bonds is 4. The predicted molar refractivity (Wildman–Crippen MR) is 99.6 cm³/mol. The summed E-state index contributed by atoms with van der Waals surface area (Å²) in [5.74, 6) is -0.893. The monoisotopic (exact) mass is 373 g/mol. The Morgan fingerprint density at radius 1 is 1.33 bits per heavy atom. The number of aliphatic imine (C=N–C) groups is 1. The lowest BCUT2D eigenvalue weighted by molar-refractivity contribution is 0.0502. The van der Waals surface area contributed by atoms with Crippen LogP contribution in [0.1, 0.15) is 28.9 Å². The van der Waals surface area contributed by atoms with Crippen molar-refractivity contribution in [3.8, 4) is 0 Å². The van der Waals surface area contributed by atoms with Gasteiger partial charge < -0.3 is 14.6 Å². The molecule has 0 radical (unpaired) electrons. The van der Waals surface area contributed by atoms with Crippen molar-refractivity contribution in [1.82, 2.24) is 9.88 Å². The molecule has 1 amide bonds. The molecular formula is C20H21F2N3O2. The van der Waals surface area contributed by atoms with Crippen LogP contribution in [0.4, 0.5) is 8.78 Å². The van der Waals surface area contributed by atoms with Crippen LogP contribution < -0.4 is 0 Å². The molecule has 2 heterocycles. The molecule has 1 aromatic heterocycles. The van der Waals surface area contributed by atoms with Crippen molar-refractivity contribution in [3.63, 3.8) is 0 Å². The number of ether oxygens (including phenoxy) is 1. The number of aromatic nitrogens is 1. The van der Waals surface area contributed by atoms with Gasteiger partial charge in [-0.05, 0) is 49.2 Å². The van der Waals surface area contributed by atoms with E-state index < -0.39 is 11.5 Å². The number of hydrogen-bond donors (Lipinski definition) is 1. The summed E-state index contributed by atoms with van der Waals surface area (Å²) in [6, 6.07) is 8.77. The summed E-state index contributed by atoms with van der Waals surface area (Å²) in [7, 11) is 1.35. The molecule has 5 nitrogen and oxygen atoms in total. The van der Waals surface area contributed by atoms with Gasteiger partial charge in [-0.25, -0.2) is 13.8 Å². The molecule has 27 heavy (non-hydrogen) atoms. The standard InChI is InChI=1S/C20H21F2N3O2/c1-14(17-5-3-11-23-17)24-19(27-2)20(22)10-4-12-25(13-20)18(26)15-6-8-16(21)9-7-15/h3,5-9,11,23H,1,4,10,12-13H2,2H3. The maximum Gasteiger partial charge on any atom is 0.253 e. The van der Waals surface area contributed by atoms with E-state index in [4.69, 9.17) is 4.74 Å². The summed E-state index contributed by atoms with van der Waals surface area (Å²) < 4.78 is 34.0. The average Bonchev–Trinajstić information content (AvgIpc) is 3.21. The van der Waals surface area contributed by atoms with Gasteiger partial charge in [0.05, 0.1) is 25.0 Å². The van der Waals surface area contributed by atoms with Gasteiger partial charge in [0.2, 0.25) is 11.6 Å². The van der Waals surface area contributed by atoms with Gasteiger partial charge in [-0.2, -0.15) is 0 Å². The first kappa shape index (κ1) is 18.8. The summed E-state index contributed by atoms with van der Waals surface area (Å²) in [5.41, 5.74) is -0.607. The molecule has 1 atom stereocenters. The number of hydrogen-bond acceptors (Lipinski definition) is 3. The van der Waals surface area contributed by atoms with Crippen LogP contribution in [-0.4, -0.2) is 47.6 Å². The van der Waals surface area contributed by atoms with Gasteiger partial charge in [-0.1, -0.05) is 6.58 Å². The van der Waals surface area contributed by atoms with Crippen molar-refractivity contribution in [2.45, 2.75) is 18.5 Å². The van der Waals surface area contributed by atoms with Crippen LogP contribution in [0.25, 0.3) is 5.70 Å². The van der Waals surface area contributed by atoms with Crippen molar-refractivity contribution in [1.29, 1.82) is 0 Å². The summed E-state index contributed by atoms with van der Waals surface area (Å²) in [4.78, 5) is 21.2. The van der Waals surface area contributed by atoms with Gasteiger partial charge in [0.15, 0.2) is 0 Å². The molecule has 0 spiro atoms. The third kappa shape index (κ3) is 4.07. The minimum absolute atomic E-state index is 0.112. The Hall–Kier alpha value is -2.96. The van der Waals surface area contributed by atoms with E-state index in [1.807, 2.05) is 0 Å². The smallest absolute Gasteiger partial charge is 0.253 e. The summed E-state index contributed by atoms with van der Waals surface area (Å²) in [6.45, 7) is 4.07. The number of nitrogens with zero attached hydrogens (tertiary/aromatic N) is 2. The zero-order valence-electron chi connectivity index (χ0n) is 15.0. The maximum absolute atomic E-state index is 15.7. The molecule has 1 aliphatic heterocycles. The molecule has 1 unspecified atom stereocenters. The topological polar surface area (TPSA) is 57.7 Å². The fraction of sp³-hybridized carbons (Fsp3) is 0.300. The van der Waals surface area contributed by atoms with Crippen molar-refractivity contribution in [2.75, 3.05) is 20.2 Å². The number of piperidine rings is 1. The third-order valence-corrected chi connectivity index (χ3v) is 4.54. The lowest BCUT2D eigenvalue weighted by atomic mass is 9.93. The molecule has 0 bridgehead atoms. The van der Waals surface area contributed by atoms with Crippen LogP contribution in [-0.2, 0) is 4.74 Å². The Kier molecular flexibility index (Phi) is 5.39. The number of benzene rings is 1. The molecule has 1 aromatic carbocycles. The summed E-state index contributed by atoms with van der Waals surface area (Å²) in [6.07, 6.45) is 2.36. The van der Waals surface area contributed by atoms with E-state index in [0.29, 0.717) is 29.9 Å². The first-order chi connectivity index (χ1) is 12.9. The minimum Gasteiger partial charge on any atom is -0.482 e. The number of methoxy groups -OCH3 is 1. The lowest BCUT2D eigenvalue weighted by Crippen LogP contribution is -2.52. The second-order valence-electron chi connectivity index (χ2n) is 6.45. The fourth-order valence-electron chi connectivity index (χ4n) is 3.16. The number of alkyl halides is 1. The summed E-state index contributed by atoms with van der Waals surface area (Å²) >= 11 is 0. The molecule has 7 heteroatoms. The Morgan fingerprint density at radius 3 is 2.70 bits per heavy atom. The van der Waals surface area contributed by atoms with E-state index >= 15 is 4.39 Å². The largest absolute Gasteiger partial charge is 0.482 e. The molecule has 0 saturated carbocycles. The highest BCUT2D eigenvalue weighted by Gasteiger charge is 2.43. The highest BCUT2D eigenvalue weighted by molar-refractivity contribution is 5.96. The second-order valence-corrected chi connectivity index (χ2v) is 6.45. The molecule has 1 aliphatic rings. The Bertz CT molecular complexity index is 847. The Labute approximate surface area is 156 Å². The molecule has 142 valence electrons.